The van der Waals surface area contributed by atoms with Gasteiger partial charge in [-0.05, 0) is 13.8 Å². The molecule has 0 bridgehead atoms. The highest BCUT2D eigenvalue weighted by molar-refractivity contribution is 5.75. The fourth-order valence-corrected chi connectivity index (χ4v) is 0.766. The molecule has 0 saturated heterocycles. The van der Waals surface area contributed by atoms with Crippen LogP contribution in [-0.4, -0.2) is 30.7 Å². The van der Waals surface area contributed by atoms with Gasteiger partial charge in [0.25, 0.3) is 0 Å². The summed E-state index contributed by atoms with van der Waals surface area (Å²) in [7, 11) is 0. The number of hydrogen-bond donors (Lipinski definition) is 2. The van der Waals surface area contributed by atoms with Crippen LogP contribution in [0, 0.1) is 0 Å². The van der Waals surface area contributed by atoms with Gasteiger partial charge in [0.2, 0.25) is 0 Å². The van der Waals surface area contributed by atoms with Gasteiger partial charge in [0, 0.05) is 12.6 Å². The number of carbonyl (C=O) groups is 1. The Labute approximate surface area is 79.8 Å². The number of carbonyl (C=O) groups excluding carboxylic acids is 1. The fraction of sp³-hybridized carbons (Fsp3) is 0.889. The molecule has 78 valence electrons. The third-order valence-corrected chi connectivity index (χ3v) is 1.40. The van der Waals surface area contributed by atoms with Crippen LogP contribution in [0.15, 0.2) is 0 Å². The molecule has 0 aromatic heterocycles. The molecule has 0 radical (unpaired) electrons. The summed E-state index contributed by atoms with van der Waals surface area (Å²) in [4.78, 5) is 11.2. The first kappa shape index (κ1) is 12.4. The number of rotatable bonds is 5. The largest absolute Gasteiger partial charge is 0.462 e. The molecule has 1 atom stereocenters. The fourth-order valence-electron chi connectivity index (χ4n) is 0.766. The van der Waals surface area contributed by atoms with Crippen molar-refractivity contribution < 1.29 is 9.53 Å². The highest BCUT2D eigenvalue weighted by Crippen LogP contribution is 1.92. The van der Waals surface area contributed by atoms with E-state index < -0.39 is 6.04 Å². The Kier molecular flexibility index (Phi) is 5.66. The monoisotopic (exact) mass is 188 g/mol. The van der Waals surface area contributed by atoms with Crippen LogP contribution in [0.2, 0.25) is 0 Å². The summed E-state index contributed by atoms with van der Waals surface area (Å²) in [5.41, 5.74) is 5.58. The van der Waals surface area contributed by atoms with Crippen molar-refractivity contribution in [1.29, 1.82) is 0 Å². The van der Waals surface area contributed by atoms with Crippen LogP contribution < -0.4 is 11.1 Å². The van der Waals surface area contributed by atoms with Gasteiger partial charge in [-0.25, -0.2) is 0 Å². The zero-order valence-electron chi connectivity index (χ0n) is 8.83. The lowest BCUT2D eigenvalue weighted by atomic mass is 10.3. The van der Waals surface area contributed by atoms with Gasteiger partial charge in [-0.2, -0.15) is 0 Å². The van der Waals surface area contributed by atoms with E-state index in [-0.39, 0.29) is 12.1 Å². The number of esters is 1. The van der Waals surface area contributed by atoms with Gasteiger partial charge in [0.1, 0.15) is 6.04 Å². The topological polar surface area (TPSA) is 64.3 Å². The average Bonchev–Trinajstić information content (AvgIpc) is 1.98. The number of ether oxygens (including phenoxy) is 1. The molecule has 0 saturated carbocycles. The molecule has 3 N–H and O–H groups in total. The van der Waals surface area contributed by atoms with Gasteiger partial charge in [0.15, 0.2) is 0 Å². The Morgan fingerprint density at radius 2 is 1.92 bits per heavy atom. The first-order chi connectivity index (χ1) is 5.93. The second-order valence-corrected chi connectivity index (χ2v) is 3.66. The second kappa shape index (κ2) is 5.94. The summed E-state index contributed by atoms with van der Waals surface area (Å²) in [5.74, 6) is -0.344. The van der Waals surface area contributed by atoms with Crippen molar-refractivity contribution in [1.82, 2.24) is 5.32 Å². The molecule has 0 heterocycles. The lowest BCUT2D eigenvalue weighted by molar-refractivity contribution is -0.148. The molecule has 0 amide bonds. The third kappa shape index (κ3) is 6.54. The van der Waals surface area contributed by atoms with Crippen LogP contribution in [0.4, 0.5) is 0 Å². The normalized spacial score (nSPS) is 13.5. The van der Waals surface area contributed by atoms with E-state index in [1.165, 1.54) is 0 Å². The smallest absolute Gasteiger partial charge is 0.324 e. The van der Waals surface area contributed by atoms with Gasteiger partial charge < -0.3 is 15.8 Å². The van der Waals surface area contributed by atoms with Crippen LogP contribution in [0.5, 0.6) is 0 Å². The van der Waals surface area contributed by atoms with Crippen molar-refractivity contribution in [3.63, 3.8) is 0 Å². The van der Waals surface area contributed by atoms with Crippen molar-refractivity contribution >= 4 is 5.97 Å². The van der Waals surface area contributed by atoms with Crippen molar-refractivity contribution in [2.24, 2.45) is 5.73 Å². The van der Waals surface area contributed by atoms with Crippen molar-refractivity contribution in [2.75, 3.05) is 6.54 Å². The van der Waals surface area contributed by atoms with Crippen molar-refractivity contribution in [2.45, 2.75) is 45.9 Å². The molecular formula is C9H20N2O2. The van der Waals surface area contributed by atoms with E-state index in [1.807, 2.05) is 13.8 Å². The second-order valence-electron chi connectivity index (χ2n) is 3.66. The van der Waals surface area contributed by atoms with E-state index in [2.05, 4.69) is 5.32 Å². The lowest BCUT2D eigenvalue weighted by Gasteiger charge is -2.15. The van der Waals surface area contributed by atoms with Gasteiger partial charge in [-0.1, -0.05) is 13.8 Å². The summed E-state index contributed by atoms with van der Waals surface area (Å²) in [6, 6.07) is -0.234. The molecule has 13 heavy (non-hydrogen) atoms. The highest BCUT2D eigenvalue weighted by atomic mass is 16.5. The molecule has 0 rings (SSSR count). The van der Waals surface area contributed by atoms with E-state index in [1.54, 1.807) is 13.8 Å². The molecule has 0 fully saturated rings. The SMILES string of the molecule is CC(C)NCC(N)C(=O)OC(C)C. The third-order valence-electron chi connectivity index (χ3n) is 1.40. The van der Waals surface area contributed by atoms with Gasteiger partial charge in [0.05, 0.1) is 6.10 Å². The van der Waals surface area contributed by atoms with E-state index in [4.69, 9.17) is 10.5 Å². The molecule has 4 heteroatoms. The first-order valence-electron chi connectivity index (χ1n) is 4.63. The van der Waals surface area contributed by atoms with Crippen LogP contribution in [0.1, 0.15) is 27.7 Å². The summed E-state index contributed by atoms with van der Waals surface area (Å²) in [5, 5.41) is 3.07. The Hall–Kier alpha value is -0.610. The van der Waals surface area contributed by atoms with E-state index in [0.29, 0.717) is 12.6 Å². The first-order valence-corrected chi connectivity index (χ1v) is 4.63. The predicted octanol–water partition coefficient (Wildman–Crippen LogP) is 0.263. The van der Waals surface area contributed by atoms with Gasteiger partial charge in [-0.3, -0.25) is 4.79 Å². The van der Waals surface area contributed by atoms with Crippen LogP contribution >= 0.6 is 0 Å². The summed E-state index contributed by atoms with van der Waals surface area (Å²) < 4.78 is 4.94. The van der Waals surface area contributed by atoms with Crippen LogP contribution in [0.25, 0.3) is 0 Å². The Morgan fingerprint density at radius 3 is 2.31 bits per heavy atom. The quantitative estimate of drug-likeness (QED) is 0.608. The Bertz CT molecular complexity index is 158. The minimum Gasteiger partial charge on any atom is -0.462 e. The minimum atomic E-state index is -0.565. The maximum absolute atomic E-state index is 11.2. The van der Waals surface area contributed by atoms with Gasteiger partial charge in [-0.15, -0.1) is 0 Å². The summed E-state index contributed by atoms with van der Waals surface area (Å²) >= 11 is 0. The summed E-state index contributed by atoms with van der Waals surface area (Å²) in [6.07, 6.45) is -0.0994. The van der Waals surface area contributed by atoms with Gasteiger partial charge >= 0.3 is 5.97 Å². The maximum Gasteiger partial charge on any atom is 0.324 e. The summed E-state index contributed by atoms with van der Waals surface area (Å²) in [6.45, 7) is 8.07. The van der Waals surface area contributed by atoms with Crippen LogP contribution in [0.3, 0.4) is 0 Å². The van der Waals surface area contributed by atoms with E-state index >= 15 is 0 Å². The number of nitrogens with one attached hydrogen (secondary N) is 1. The lowest BCUT2D eigenvalue weighted by Crippen LogP contribution is -2.44. The van der Waals surface area contributed by atoms with Crippen LogP contribution in [-0.2, 0) is 9.53 Å². The zero-order valence-corrected chi connectivity index (χ0v) is 8.83. The highest BCUT2D eigenvalue weighted by Gasteiger charge is 2.15. The number of nitrogens with two attached hydrogens (primary N) is 1. The molecule has 0 aromatic carbocycles. The van der Waals surface area contributed by atoms with E-state index in [9.17, 15) is 4.79 Å². The standard InChI is InChI=1S/C9H20N2O2/c1-6(2)11-5-8(10)9(12)13-7(3)4/h6-8,11H,5,10H2,1-4H3. The zero-order chi connectivity index (χ0) is 10.4. The predicted molar refractivity (Wildman–Crippen MR) is 52.3 cm³/mol. The molecule has 0 aliphatic heterocycles. The molecule has 0 spiro atoms. The molecule has 4 nitrogen and oxygen atoms in total. The Morgan fingerprint density at radius 1 is 1.38 bits per heavy atom. The Balaban J connectivity index is 3.69. The average molecular weight is 188 g/mol. The molecular weight excluding hydrogens is 168 g/mol. The van der Waals surface area contributed by atoms with Crippen molar-refractivity contribution in [3.8, 4) is 0 Å². The maximum atomic E-state index is 11.2. The molecule has 1 unspecified atom stereocenters. The molecule has 0 aromatic rings. The molecule has 0 aliphatic rings. The van der Waals surface area contributed by atoms with Crippen molar-refractivity contribution in [3.05, 3.63) is 0 Å². The minimum absolute atomic E-state index is 0.0994. The van der Waals surface area contributed by atoms with E-state index in [0.717, 1.165) is 0 Å². The molecule has 0 aliphatic carbocycles. The number of hydrogen-bond acceptors (Lipinski definition) is 4.